The maximum absolute atomic E-state index is 13.0. The highest BCUT2D eigenvalue weighted by Crippen LogP contribution is 2.28. The number of rotatable bonds is 3. The fourth-order valence-electron chi connectivity index (χ4n) is 2.79. The summed E-state index contributed by atoms with van der Waals surface area (Å²) in [5.41, 5.74) is 2.64. The first-order valence-corrected chi connectivity index (χ1v) is 7.62. The maximum atomic E-state index is 13.0. The molecule has 1 N–H and O–H groups in total. The van der Waals surface area contributed by atoms with Gasteiger partial charge in [0.05, 0.1) is 23.6 Å². The lowest BCUT2D eigenvalue weighted by Gasteiger charge is -2.10. The predicted octanol–water partition coefficient (Wildman–Crippen LogP) is 4.70. The van der Waals surface area contributed by atoms with Gasteiger partial charge in [-0.1, -0.05) is 24.3 Å². The van der Waals surface area contributed by atoms with Crippen LogP contribution in [0, 0.1) is 0 Å². The fourth-order valence-corrected chi connectivity index (χ4v) is 2.79. The molecule has 0 radical (unpaired) electrons. The van der Waals surface area contributed by atoms with Crippen LogP contribution in [0.1, 0.15) is 0 Å². The maximum Gasteiger partial charge on any atom is 0.202 e. The number of anilines is 2. The molecule has 1 heterocycles. The van der Waals surface area contributed by atoms with Crippen LogP contribution in [0.15, 0.2) is 75.9 Å². The third kappa shape index (κ3) is 2.38. The van der Waals surface area contributed by atoms with Crippen molar-refractivity contribution in [2.45, 2.75) is 0 Å². The minimum absolute atomic E-state index is 0.0621. The third-order valence-electron chi connectivity index (χ3n) is 3.96. The molecule has 4 rings (SSSR count). The Morgan fingerprint density at radius 2 is 1.75 bits per heavy atom. The average Bonchev–Trinajstić information content (AvgIpc) is 2.62. The van der Waals surface area contributed by atoms with Crippen molar-refractivity contribution in [2.24, 2.45) is 0 Å². The average molecular weight is 317 g/mol. The number of para-hydroxylation sites is 1. The number of hydrogen-bond donors (Lipinski definition) is 1. The van der Waals surface area contributed by atoms with Crippen molar-refractivity contribution in [3.63, 3.8) is 0 Å². The molecular formula is C20H15NO3. The minimum Gasteiger partial charge on any atom is -0.497 e. The molecule has 4 aromatic rings. The lowest BCUT2D eigenvalue weighted by atomic mass is 10.1. The molecular weight excluding hydrogens is 302 g/mol. The van der Waals surface area contributed by atoms with Crippen LogP contribution in [0.25, 0.3) is 21.9 Å². The van der Waals surface area contributed by atoms with Crippen LogP contribution in [0.2, 0.25) is 0 Å². The largest absolute Gasteiger partial charge is 0.497 e. The molecule has 0 bridgehead atoms. The molecule has 0 fully saturated rings. The van der Waals surface area contributed by atoms with Gasteiger partial charge in [-0.2, -0.15) is 0 Å². The van der Waals surface area contributed by atoms with Crippen LogP contribution in [0.5, 0.6) is 5.75 Å². The second-order valence-corrected chi connectivity index (χ2v) is 5.46. The van der Waals surface area contributed by atoms with E-state index in [-0.39, 0.29) is 5.43 Å². The quantitative estimate of drug-likeness (QED) is 0.557. The number of benzene rings is 3. The highest BCUT2D eigenvalue weighted by molar-refractivity contribution is 5.98. The van der Waals surface area contributed by atoms with Gasteiger partial charge in [-0.25, -0.2) is 0 Å². The Morgan fingerprint density at radius 3 is 2.54 bits per heavy atom. The molecule has 1 aromatic heterocycles. The van der Waals surface area contributed by atoms with E-state index in [1.54, 1.807) is 31.4 Å². The zero-order valence-electron chi connectivity index (χ0n) is 13.1. The van der Waals surface area contributed by atoms with E-state index in [1.807, 2.05) is 42.5 Å². The smallest absolute Gasteiger partial charge is 0.202 e. The topological polar surface area (TPSA) is 51.5 Å². The number of methoxy groups -OCH3 is 1. The summed E-state index contributed by atoms with van der Waals surface area (Å²) in [4.78, 5) is 13.0. The molecule has 0 aliphatic carbocycles. The molecule has 0 atom stereocenters. The second-order valence-electron chi connectivity index (χ2n) is 5.46. The van der Waals surface area contributed by atoms with Gasteiger partial charge in [-0.15, -0.1) is 0 Å². The first-order chi connectivity index (χ1) is 11.8. The van der Waals surface area contributed by atoms with Gasteiger partial charge in [0.15, 0.2) is 0 Å². The monoisotopic (exact) mass is 317 g/mol. The summed E-state index contributed by atoms with van der Waals surface area (Å²) < 4.78 is 11.1. The summed E-state index contributed by atoms with van der Waals surface area (Å²) in [7, 11) is 1.59. The lowest BCUT2D eigenvalue weighted by Crippen LogP contribution is -2.05. The molecule has 0 saturated carbocycles. The van der Waals surface area contributed by atoms with Crippen molar-refractivity contribution in [3.8, 4) is 5.75 Å². The van der Waals surface area contributed by atoms with Gasteiger partial charge in [-0.05, 0) is 36.4 Å². The number of hydrogen-bond acceptors (Lipinski definition) is 4. The van der Waals surface area contributed by atoms with Crippen LogP contribution in [0.4, 0.5) is 11.4 Å². The van der Waals surface area contributed by atoms with Gasteiger partial charge >= 0.3 is 0 Å². The number of nitrogens with one attached hydrogen (secondary N) is 1. The van der Waals surface area contributed by atoms with Gasteiger partial charge in [0.1, 0.15) is 16.9 Å². The first kappa shape index (κ1) is 14.3. The fraction of sp³-hybridized carbons (Fsp3) is 0.0500. The van der Waals surface area contributed by atoms with Gasteiger partial charge in [-0.3, -0.25) is 4.79 Å². The lowest BCUT2D eigenvalue weighted by molar-refractivity contribution is 0.414. The van der Waals surface area contributed by atoms with E-state index in [4.69, 9.17) is 9.15 Å². The Bertz CT molecular complexity index is 1080. The van der Waals surface area contributed by atoms with E-state index in [0.717, 1.165) is 11.4 Å². The molecule has 0 spiro atoms. The summed E-state index contributed by atoms with van der Waals surface area (Å²) >= 11 is 0. The Hall–Kier alpha value is -3.27. The van der Waals surface area contributed by atoms with E-state index in [0.29, 0.717) is 27.7 Å². The first-order valence-electron chi connectivity index (χ1n) is 7.62. The van der Waals surface area contributed by atoms with E-state index in [9.17, 15) is 4.79 Å². The Labute approximate surface area is 138 Å². The SMILES string of the molecule is COc1ccc2c(=O)c3c(Nc4ccccc4)cccc3oc2c1. The van der Waals surface area contributed by atoms with Crippen LogP contribution < -0.4 is 15.5 Å². The Kier molecular flexibility index (Phi) is 3.43. The van der Waals surface area contributed by atoms with Crippen molar-refractivity contribution in [2.75, 3.05) is 12.4 Å². The van der Waals surface area contributed by atoms with Gasteiger partial charge in [0, 0.05) is 11.8 Å². The second kappa shape index (κ2) is 5.74. The number of ether oxygens (including phenoxy) is 1. The van der Waals surface area contributed by atoms with Crippen molar-refractivity contribution >= 4 is 33.3 Å². The van der Waals surface area contributed by atoms with Crippen LogP contribution in [-0.2, 0) is 0 Å². The predicted molar refractivity (Wildman–Crippen MR) is 96.3 cm³/mol. The molecule has 0 amide bonds. The summed E-state index contributed by atoms with van der Waals surface area (Å²) in [5.74, 6) is 0.656. The Balaban J connectivity index is 1.96. The van der Waals surface area contributed by atoms with Gasteiger partial charge in [0.2, 0.25) is 5.43 Å². The summed E-state index contributed by atoms with van der Waals surface area (Å²) in [6.45, 7) is 0. The standard InChI is InChI=1S/C20H15NO3/c1-23-14-10-11-15-18(12-14)24-17-9-5-8-16(19(17)20(15)22)21-13-6-3-2-4-7-13/h2-12,21H,1H3. The van der Waals surface area contributed by atoms with Crippen molar-refractivity contribution in [1.82, 2.24) is 0 Å². The zero-order valence-corrected chi connectivity index (χ0v) is 13.1. The molecule has 0 aliphatic heterocycles. The van der Waals surface area contributed by atoms with Crippen LogP contribution in [-0.4, -0.2) is 7.11 Å². The normalized spacial score (nSPS) is 10.9. The molecule has 4 heteroatoms. The summed E-state index contributed by atoms with van der Waals surface area (Å²) in [5, 5.41) is 4.36. The molecule has 118 valence electrons. The van der Waals surface area contributed by atoms with Crippen molar-refractivity contribution < 1.29 is 9.15 Å². The molecule has 0 saturated heterocycles. The van der Waals surface area contributed by atoms with Gasteiger partial charge < -0.3 is 14.5 Å². The van der Waals surface area contributed by atoms with E-state index in [2.05, 4.69) is 5.32 Å². The molecule has 3 aromatic carbocycles. The molecule has 4 nitrogen and oxygen atoms in total. The van der Waals surface area contributed by atoms with E-state index < -0.39 is 0 Å². The highest BCUT2D eigenvalue weighted by atomic mass is 16.5. The van der Waals surface area contributed by atoms with Crippen molar-refractivity contribution in [3.05, 3.63) is 77.0 Å². The molecule has 0 aliphatic rings. The van der Waals surface area contributed by atoms with E-state index >= 15 is 0 Å². The highest BCUT2D eigenvalue weighted by Gasteiger charge is 2.12. The number of fused-ring (bicyclic) bond motifs is 2. The third-order valence-corrected chi connectivity index (χ3v) is 3.96. The van der Waals surface area contributed by atoms with Crippen LogP contribution >= 0.6 is 0 Å². The summed E-state index contributed by atoms with van der Waals surface area (Å²) in [6, 6.07) is 20.5. The van der Waals surface area contributed by atoms with E-state index in [1.165, 1.54) is 0 Å². The summed E-state index contributed by atoms with van der Waals surface area (Å²) in [6.07, 6.45) is 0. The minimum atomic E-state index is -0.0621. The molecule has 24 heavy (non-hydrogen) atoms. The zero-order chi connectivity index (χ0) is 16.5. The van der Waals surface area contributed by atoms with Crippen LogP contribution in [0.3, 0.4) is 0 Å². The van der Waals surface area contributed by atoms with Gasteiger partial charge in [0.25, 0.3) is 0 Å². The van der Waals surface area contributed by atoms with Crippen molar-refractivity contribution in [1.29, 1.82) is 0 Å². The Morgan fingerprint density at radius 1 is 0.917 bits per heavy atom. The molecule has 0 unspecified atom stereocenters.